The molecule has 1 aromatic rings. The third-order valence-electron chi connectivity index (χ3n) is 2.60. The Balaban J connectivity index is 2.88. The second kappa shape index (κ2) is 5.85. The average molecular weight is 189 g/mol. The molecule has 0 spiro atoms. The molecule has 0 heteroatoms. The molecule has 14 heavy (non-hydrogen) atoms. The predicted octanol–water partition coefficient (Wildman–Crippen LogP) is 3.97. The van der Waals surface area contributed by atoms with Crippen molar-refractivity contribution >= 4 is 0 Å². The first-order valence-corrected chi connectivity index (χ1v) is 5.71. The molecule has 0 aliphatic rings. The molecule has 0 unspecified atom stereocenters. The summed E-state index contributed by atoms with van der Waals surface area (Å²) in [7, 11) is 0. The van der Waals surface area contributed by atoms with Gasteiger partial charge in [0.15, 0.2) is 0 Å². The van der Waals surface area contributed by atoms with E-state index < -0.39 is 0 Å². The Morgan fingerprint density at radius 1 is 1.00 bits per heavy atom. The van der Waals surface area contributed by atoms with Gasteiger partial charge >= 0.3 is 0 Å². The summed E-state index contributed by atoms with van der Waals surface area (Å²) in [6, 6.07) is 6.87. The Morgan fingerprint density at radius 3 is 2.29 bits per heavy atom. The normalized spacial score (nSPS) is 10.5. The summed E-state index contributed by atoms with van der Waals surface area (Å²) in [5.41, 5.74) is 4.41. The van der Waals surface area contributed by atoms with E-state index in [1.807, 2.05) is 0 Å². The highest BCUT2D eigenvalue weighted by Gasteiger charge is 2.01. The van der Waals surface area contributed by atoms with Gasteiger partial charge in [-0.15, -0.1) is 0 Å². The number of hydrogen-bond acceptors (Lipinski definition) is 0. The van der Waals surface area contributed by atoms with Crippen molar-refractivity contribution in [2.75, 3.05) is 0 Å². The van der Waals surface area contributed by atoms with Crippen LogP contribution in [0.1, 0.15) is 43.4 Å². The minimum absolute atomic E-state index is 0.918. The van der Waals surface area contributed by atoms with E-state index in [0.717, 1.165) is 6.42 Å². The van der Waals surface area contributed by atoms with Crippen molar-refractivity contribution < 1.29 is 0 Å². The summed E-state index contributed by atoms with van der Waals surface area (Å²) >= 11 is 0. The van der Waals surface area contributed by atoms with Gasteiger partial charge in [-0.3, -0.25) is 0 Å². The molecule has 77 valence electrons. The largest absolute Gasteiger partial charge is 0.0651 e. The van der Waals surface area contributed by atoms with Gasteiger partial charge in [0.1, 0.15) is 0 Å². The highest BCUT2D eigenvalue weighted by atomic mass is 14.1. The quantitative estimate of drug-likeness (QED) is 0.657. The van der Waals surface area contributed by atoms with Crippen molar-refractivity contribution in [1.82, 2.24) is 0 Å². The van der Waals surface area contributed by atoms with Crippen molar-refractivity contribution in [1.29, 1.82) is 0 Å². The second-order valence-corrected chi connectivity index (χ2v) is 3.85. The average Bonchev–Trinajstić information content (AvgIpc) is 2.19. The Morgan fingerprint density at radius 2 is 1.71 bits per heavy atom. The van der Waals surface area contributed by atoms with E-state index >= 15 is 0 Å². The number of hydrogen-bond donors (Lipinski definition) is 0. The van der Waals surface area contributed by atoms with Gasteiger partial charge in [0.05, 0.1) is 0 Å². The molecule has 1 rings (SSSR count). The summed E-state index contributed by atoms with van der Waals surface area (Å²) in [4.78, 5) is 0. The van der Waals surface area contributed by atoms with E-state index in [1.54, 1.807) is 0 Å². The summed E-state index contributed by atoms with van der Waals surface area (Å²) < 4.78 is 0. The lowest BCUT2D eigenvalue weighted by Gasteiger charge is -2.09. The summed E-state index contributed by atoms with van der Waals surface area (Å²) in [6.07, 6.45) is 5.77. The zero-order valence-electron chi connectivity index (χ0n) is 9.47. The Labute approximate surface area is 88.4 Å². The van der Waals surface area contributed by atoms with Crippen LogP contribution in [0, 0.1) is 6.92 Å². The van der Waals surface area contributed by atoms with Gasteiger partial charge in [-0.1, -0.05) is 44.9 Å². The molecular formula is C14H21. The van der Waals surface area contributed by atoms with Crippen molar-refractivity contribution in [3.05, 3.63) is 41.8 Å². The molecule has 1 radical (unpaired) electrons. The lowest BCUT2D eigenvalue weighted by atomic mass is 9.97. The minimum Gasteiger partial charge on any atom is -0.0651 e. The van der Waals surface area contributed by atoms with Gasteiger partial charge in [-0.25, -0.2) is 0 Å². The maximum atomic E-state index is 3.97. The van der Waals surface area contributed by atoms with Crippen LogP contribution >= 0.6 is 0 Å². The highest BCUT2D eigenvalue weighted by Crippen LogP contribution is 2.15. The summed E-state index contributed by atoms with van der Waals surface area (Å²) in [5, 5.41) is 0. The molecule has 0 nitrogen and oxygen atoms in total. The zero-order chi connectivity index (χ0) is 10.4. The Bertz CT molecular complexity index is 273. The first-order valence-electron chi connectivity index (χ1n) is 5.71. The molecule has 0 saturated carbocycles. The molecule has 0 atom stereocenters. The monoisotopic (exact) mass is 189 g/mol. The lowest BCUT2D eigenvalue weighted by Crippen LogP contribution is -1.95. The smallest absolute Gasteiger partial charge is 0.0276 e. The van der Waals surface area contributed by atoms with Crippen LogP contribution in [0.2, 0.25) is 0 Å². The lowest BCUT2D eigenvalue weighted by molar-refractivity contribution is 0.883. The van der Waals surface area contributed by atoms with Crippen LogP contribution in [0.5, 0.6) is 0 Å². The number of aryl methyl sites for hydroxylation is 2. The molecule has 0 bridgehead atoms. The van der Waals surface area contributed by atoms with Crippen molar-refractivity contribution in [3.63, 3.8) is 0 Å². The molecule has 1 aromatic carbocycles. The Hall–Kier alpha value is -0.780. The minimum atomic E-state index is 0.918. The van der Waals surface area contributed by atoms with Gasteiger partial charge in [-0.2, -0.15) is 0 Å². The maximum Gasteiger partial charge on any atom is -0.0276 e. The van der Waals surface area contributed by atoms with E-state index in [4.69, 9.17) is 0 Å². The number of rotatable bonds is 5. The van der Waals surface area contributed by atoms with Crippen LogP contribution < -0.4 is 0 Å². The van der Waals surface area contributed by atoms with Gasteiger partial charge in [0.25, 0.3) is 0 Å². The highest BCUT2D eigenvalue weighted by molar-refractivity contribution is 5.32. The van der Waals surface area contributed by atoms with Crippen molar-refractivity contribution in [2.24, 2.45) is 0 Å². The van der Waals surface area contributed by atoms with Crippen LogP contribution in [0.15, 0.2) is 18.2 Å². The van der Waals surface area contributed by atoms with Crippen LogP contribution in [-0.2, 0) is 19.3 Å². The molecule has 0 aliphatic heterocycles. The summed E-state index contributed by atoms with van der Waals surface area (Å²) in [6.45, 7) is 8.44. The van der Waals surface area contributed by atoms with Crippen LogP contribution in [0.25, 0.3) is 0 Å². The SMILES string of the molecule is [CH2]Cc1ccc(CCC)cc1CCC. The third-order valence-corrected chi connectivity index (χ3v) is 2.60. The fourth-order valence-electron chi connectivity index (χ4n) is 1.87. The Kier molecular flexibility index (Phi) is 4.72. The van der Waals surface area contributed by atoms with E-state index in [-0.39, 0.29) is 0 Å². The second-order valence-electron chi connectivity index (χ2n) is 3.85. The fraction of sp³-hybridized carbons (Fsp3) is 0.500. The molecule has 0 amide bonds. The zero-order valence-corrected chi connectivity index (χ0v) is 9.47. The van der Waals surface area contributed by atoms with Crippen LogP contribution in [0.4, 0.5) is 0 Å². The van der Waals surface area contributed by atoms with Gasteiger partial charge < -0.3 is 0 Å². The van der Waals surface area contributed by atoms with Crippen LogP contribution in [0.3, 0.4) is 0 Å². The molecule has 0 fully saturated rings. The third kappa shape index (κ3) is 2.87. The summed E-state index contributed by atoms with van der Waals surface area (Å²) in [5.74, 6) is 0. The predicted molar refractivity (Wildman–Crippen MR) is 63.5 cm³/mol. The van der Waals surface area contributed by atoms with E-state index in [0.29, 0.717) is 0 Å². The fourth-order valence-corrected chi connectivity index (χ4v) is 1.87. The van der Waals surface area contributed by atoms with Gasteiger partial charge in [-0.05, 0) is 42.9 Å². The molecule has 0 heterocycles. The van der Waals surface area contributed by atoms with E-state index in [9.17, 15) is 0 Å². The maximum absolute atomic E-state index is 3.97. The number of benzene rings is 1. The van der Waals surface area contributed by atoms with Gasteiger partial charge in [0, 0.05) is 0 Å². The van der Waals surface area contributed by atoms with Crippen molar-refractivity contribution in [3.8, 4) is 0 Å². The van der Waals surface area contributed by atoms with Gasteiger partial charge in [0.2, 0.25) is 0 Å². The topological polar surface area (TPSA) is 0 Å². The van der Waals surface area contributed by atoms with E-state index in [1.165, 1.54) is 42.4 Å². The molecule has 0 saturated heterocycles. The molecular weight excluding hydrogens is 168 g/mol. The molecule has 0 N–H and O–H groups in total. The molecule has 0 aliphatic carbocycles. The first kappa shape index (κ1) is 11.3. The van der Waals surface area contributed by atoms with Crippen molar-refractivity contribution in [2.45, 2.75) is 46.0 Å². The molecule has 0 aromatic heterocycles. The van der Waals surface area contributed by atoms with Crippen LogP contribution in [-0.4, -0.2) is 0 Å². The van der Waals surface area contributed by atoms with E-state index in [2.05, 4.69) is 39.0 Å². The standard InChI is InChI=1S/C14H21/c1-4-7-12-9-10-13(6-3)14(11-12)8-5-2/h9-11H,3-8H2,1-2H3. The first-order chi connectivity index (χ1) is 6.81.